The second-order valence-corrected chi connectivity index (χ2v) is 3.62. The van der Waals surface area contributed by atoms with Crippen molar-refractivity contribution in [2.24, 2.45) is 0 Å². The maximum absolute atomic E-state index is 11.5. The predicted octanol–water partition coefficient (Wildman–Crippen LogP) is 2.76. The van der Waals surface area contributed by atoms with Gasteiger partial charge in [-0.25, -0.2) is 4.79 Å². The van der Waals surface area contributed by atoms with E-state index in [9.17, 15) is 9.90 Å². The minimum Gasteiger partial charge on any atom is -0.501 e. The normalized spacial score (nSPS) is 10.8. The summed E-state index contributed by atoms with van der Waals surface area (Å²) in [4.78, 5) is 11.5. The number of para-hydroxylation sites is 1. The van der Waals surface area contributed by atoms with Gasteiger partial charge in [-0.3, -0.25) is 0 Å². The van der Waals surface area contributed by atoms with Crippen LogP contribution >= 0.6 is 0 Å². The lowest BCUT2D eigenvalue weighted by Crippen LogP contribution is -2.00. The fourth-order valence-corrected chi connectivity index (χ4v) is 1.84. The molecule has 0 atom stereocenters. The van der Waals surface area contributed by atoms with Crippen LogP contribution in [0, 0.1) is 0 Å². The summed E-state index contributed by atoms with van der Waals surface area (Å²) in [6.45, 7) is 0. The topological polar surface area (TPSA) is 63.6 Å². The van der Waals surface area contributed by atoms with E-state index in [-0.39, 0.29) is 0 Å². The van der Waals surface area contributed by atoms with Gasteiger partial charge in [0.25, 0.3) is 0 Å². The highest BCUT2D eigenvalue weighted by Crippen LogP contribution is 2.33. The smallest absolute Gasteiger partial charge is 0.379 e. The molecule has 3 aromatic rings. The molecule has 0 fully saturated rings. The molecule has 0 saturated heterocycles. The van der Waals surface area contributed by atoms with Crippen LogP contribution in [0.1, 0.15) is 0 Å². The van der Waals surface area contributed by atoms with Crippen molar-refractivity contribution in [3.8, 4) is 16.9 Å². The Labute approximate surface area is 95.7 Å². The molecule has 0 bridgehead atoms. The van der Waals surface area contributed by atoms with Gasteiger partial charge in [0, 0.05) is 16.5 Å². The van der Waals surface area contributed by atoms with Gasteiger partial charge in [-0.2, -0.15) is 0 Å². The molecule has 1 aromatic carbocycles. The molecular weight excluding hydrogens is 220 g/mol. The summed E-state index contributed by atoms with van der Waals surface area (Å²) in [5.74, 6) is -0.398. The van der Waals surface area contributed by atoms with E-state index in [0.717, 1.165) is 0 Å². The van der Waals surface area contributed by atoms with Gasteiger partial charge in [0.05, 0.1) is 12.5 Å². The fourth-order valence-electron chi connectivity index (χ4n) is 1.84. The Kier molecular flexibility index (Phi) is 2.01. The van der Waals surface area contributed by atoms with Crippen LogP contribution in [-0.4, -0.2) is 5.11 Å². The summed E-state index contributed by atoms with van der Waals surface area (Å²) >= 11 is 0. The molecule has 4 heteroatoms. The second-order valence-electron chi connectivity index (χ2n) is 3.62. The highest BCUT2D eigenvalue weighted by atomic mass is 16.4. The van der Waals surface area contributed by atoms with E-state index in [4.69, 9.17) is 8.83 Å². The molecular formula is C13H8O4. The van der Waals surface area contributed by atoms with Crippen LogP contribution in [0.15, 0.2) is 56.5 Å². The van der Waals surface area contributed by atoms with Gasteiger partial charge in [-0.05, 0) is 12.1 Å². The van der Waals surface area contributed by atoms with Crippen LogP contribution in [0.3, 0.4) is 0 Å². The molecule has 0 aliphatic heterocycles. The van der Waals surface area contributed by atoms with Crippen molar-refractivity contribution < 1.29 is 13.9 Å². The molecule has 84 valence electrons. The van der Waals surface area contributed by atoms with E-state index in [0.29, 0.717) is 22.1 Å². The van der Waals surface area contributed by atoms with Gasteiger partial charge in [0.2, 0.25) is 5.75 Å². The molecule has 0 radical (unpaired) electrons. The molecule has 17 heavy (non-hydrogen) atoms. The van der Waals surface area contributed by atoms with Crippen molar-refractivity contribution in [3.05, 3.63) is 53.3 Å². The molecule has 3 rings (SSSR count). The number of furan rings is 1. The summed E-state index contributed by atoms with van der Waals surface area (Å²) in [6.07, 6.45) is 2.96. The summed E-state index contributed by atoms with van der Waals surface area (Å²) in [5.41, 5.74) is 0.767. The predicted molar refractivity (Wildman–Crippen MR) is 61.9 cm³/mol. The van der Waals surface area contributed by atoms with Crippen LogP contribution in [0.5, 0.6) is 5.75 Å². The van der Waals surface area contributed by atoms with E-state index in [1.807, 2.05) is 6.07 Å². The van der Waals surface area contributed by atoms with Gasteiger partial charge < -0.3 is 13.9 Å². The third-order valence-corrected chi connectivity index (χ3v) is 2.60. The number of hydrogen-bond acceptors (Lipinski definition) is 4. The SMILES string of the molecule is O=c1oc2ccccc2c(-c2ccoc2)c1O. The molecule has 0 aliphatic rings. The van der Waals surface area contributed by atoms with Crippen LogP contribution in [0.2, 0.25) is 0 Å². The molecule has 0 aliphatic carbocycles. The molecule has 1 N–H and O–H groups in total. The maximum atomic E-state index is 11.5. The summed E-state index contributed by atoms with van der Waals surface area (Å²) in [7, 11) is 0. The molecule has 0 spiro atoms. The van der Waals surface area contributed by atoms with E-state index in [1.54, 1.807) is 24.3 Å². The van der Waals surface area contributed by atoms with Crippen LogP contribution in [-0.2, 0) is 0 Å². The van der Waals surface area contributed by atoms with Crippen molar-refractivity contribution in [3.63, 3.8) is 0 Å². The Hall–Kier alpha value is -2.49. The Balaban J connectivity index is 2.50. The molecule has 0 amide bonds. The highest BCUT2D eigenvalue weighted by Gasteiger charge is 2.15. The van der Waals surface area contributed by atoms with Gasteiger partial charge in [0.1, 0.15) is 5.58 Å². The lowest BCUT2D eigenvalue weighted by molar-refractivity contribution is 0.430. The lowest BCUT2D eigenvalue weighted by Gasteiger charge is -2.04. The summed E-state index contributed by atoms with van der Waals surface area (Å²) in [5, 5.41) is 10.5. The van der Waals surface area contributed by atoms with Gasteiger partial charge >= 0.3 is 5.63 Å². The minimum atomic E-state index is -0.750. The van der Waals surface area contributed by atoms with E-state index in [1.165, 1.54) is 12.5 Å². The average molecular weight is 228 g/mol. The van der Waals surface area contributed by atoms with Crippen LogP contribution in [0.25, 0.3) is 22.1 Å². The molecule has 4 nitrogen and oxygen atoms in total. The Morgan fingerprint density at radius 2 is 1.94 bits per heavy atom. The first kappa shape index (κ1) is 9.72. The highest BCUT2D eigenvalue weighted by molar-refractivity contribution is 5.95. The standard InChI is InChI=1S/C13H8O4/c14-12-11(8-5-6-16-7-8)9-3-1-2-4-10(9)17-13(12)15/h1-7,14H. The van der Waals surface area contributed by atoms with Crippen LogP contribution in [0.4, 0.5) is 0 Å². The van der Waals surface area contributed by atoms with Gasteiger partial charge in [0.15, 0.2) is 0 Å². The molecule has 0 unspecified atom stereocenters. The van der Waals surface area contributed by atoms with Crippen LogP contribution < -0.4 is 5.63 Å². The van der Waals surface area contributed by atoms with Crippen molar-refractivity contribution in [2.45, 2.75) is 0 Å². The fraction of sp³-hybridized carbons (Fsp3) is 0. The Bertz CT molecular complexity index is 723. The van der Waals surface area contributed by atoms with E-state index in [2.05, 4.69) is 0 Å². The van der Waals surface area contributed by atoms with Crippen molar-refractivity contribution >= 4 is 11.0 Å². The van der Waals surface area contributed by atoms with E-state index >= 15 is 0 Å². The summed E-state index contributed by atoms with van der Waals surface area (Å²) < 4.78 is 9.96. The summed E-state index contributed by atoms with van der Waals surface area (Å²) in [6, 6.07) is 8.72. The van der Waals surface area contributed by atoms with Gasteiger partial charge in [-0.1, -0.05) is 18.2 Å². The minimum absolute atomic E-state index is 0.398. The maximum Gasteiger partial charge on any atom is 0.379 e. The van der Waals surface area contributed by atoms with Crippen molar-refractivity contribution in [2.75, 3.05) is 0 Å². The van der Waals surface area contributed by atoms with E-state index < -0.39 is 11.4 Å². The average Bonchev–Trinajstić information content (AvgIpc) is 2.84. The molecule has 2 heterocycles. The zero-order valence-corrected chi connectivity index (χ0v) is 8.71. The lowest BCUT2D eigenvalue weighted by atomic mass is 10.0. The zero-order valence-electron chi connectivity index (χ0n) is 8.71. The first-order chi connectivity index (χ1) is 8.27. The number of benzene rings is 1. The quantitative estimate of drug-likeness (QED) is 0.650. The molecule has 0 saturated carbocycles. The van der Waals surface area contributed by atoms with Crippen molar-refractivity contribution in [1.29, 1.82) is 0 Å². The third-order valence-electron chi connectivity index (χ3n) is 2.60. The number of hydrogen-bond donors (Lipinski definition) is 1. The third kappa shape index (κ3) is 1.42. The van der Waals surface area contributed by atoms with Crippen molar-refractivity contribution in [1.82, 2.24) is 0 Å². The number of fused-ring (bicyclic) bond motifs is 1. The number of rotatable bonds is 1. The molecule has 2 aromatic heterocycles. The first-order valence-electron chi connectivity index (χ1n) is 5.05. The monoisotopic (exact) mass is 228 g/mol. The number of aromatic hydroxyl groups is 1. The van der Waals surface area contributed by atoms with Gasteiger partial charge in [-0.15, -0.1) is 0 Å². The largest absolute Gasteiger partial charge is 0.501 e. The Morgan fingerprint density at radius 3 is 2.71 bits per heavy atom. The first-order valence-corrected chi connectivity index (χ1v) is 5.05. The Morgan fingerprint density at radius 1 is 1.12 bits per heavy atom. The second kappa shape index (κ2) is 3.52. The zero-order chi connectivity index (χ0) is 11.8.